The molecule has 0 bridgehead atoms. The number of aliphatic hydroxyl groups is 1. The third-order valence-corrected chi connectivity index (χ3v) is 3.07. The van der Waals surface area contributed by atoms with Crippen LogP contribution in [0.15, 0.2) is 24.4 Å². The average Bonchev–Trinajstić information content (AvgIpc) is 2.37. The second-order valence-corrected chi connectivity index (χ2v) is 4.61. The molecule has 2 rings (SSSR count). The van der Waals surface area contributed by atoms with Gasteiger partial charge in [-0.05, 0) is 38.5 Å². The second-order valence-electron chi connectivity index (χ2n) is 4.61. The number of ether oxygens (including phenoxy) is 1. The monoisotopic (exact) mass is 258 g/mol. The first-order chi connectivity index (χ1) is 9.02. The summed E-state index contributed by atoms with van der Waals surface area (Å²) in [5.74, 6) is 1.36. The van der Waals surface area contributed by atoms with Gasteiger partial charge in [0, 0.05) is 17.5 Å². The van der Waals surface area contributed by atoms with Crippen LogP contribution in [0.3, 0.4) is 0 Å². The highest BCUT2D eigenvalue weighted by molar-refractivity contribution is 5.65. The number of benzene rings is 1. The summed E-state index contributed by atoms with van der Waals surface area (Å²) in [6.07, 6.45) is 1.11. The second kappa shape index (κ2) is 5.36. The fraction of sp³-hybridized carbons (Fsp3) is 0.333. The molecule has 0 aliphatic carbocycles. The largest absolute Gasteiger partial charge is 0.496 e. The van der Waals surface area contributed by atoms with Crippen LogP contribution in [0.4, 0.5) is 0 Å². The number of aromatic nitrogens is 2. The zero-order valence-corrected chi connectivity index (χ0v) is 11.6. The maximum Gasteiger partial charge on any atom is 0.163 e. The van der Waals surface area contributed by atoms with Gasteiger partial charge >= 0.3 is 0 Å². The normalized spacial score (nSPS) is 12.3. The van der Waals surface area contributed by atoms with E-state index in [-0.39, 0.29) is 0 Å². The molecule has 4 nitrogen and oxygen atoms in total. The Balaban J connectivity index is 2.51. The van der Waals surface area contributed by atoms with E-state index >= 15 is 0 Å². The highest BCUT2D eigenvalue weighted by Gasteiger charge is 2.12. The summed E-state index contributed by atoms with van der Waals surface area (Å²) < 4.78 is 5.37. The van der Waals surface area contributed by atoms with Crippen molar-refractivity contribution in [3.8, 4) is 17.1 Å². The molecule has 0 aliphatic heterocycles. The van der Waals surface area contributed by atoms with Gasteiger partial charge in [0.05, 0.1) is 18.8 Å². The minimum Gasteiger partial charge on any atom is -0.496 e. The van der Waals surface area contributed by atoms with Gasteiger partial charge in [-0.25, -0.2) is 9.97 Å². The summed E-state index contributed by atoms with van der Waals surface area (Å²) in [6.45, 7) is 5.58. The van der Waals surface area contributed by atoms with Crippen LogP contribution in [0.2, 0.25) is 0 Å². The van der Waals surface area contributed by atoms with Crippen LogP contribution >= 0.6 is 0 Å². The molecule has 4 heteroatoms. The Morgan fingerprint density at radius 1 is 1.26 bits per heavy atom. The first kappa shape index (κ1) is 13.5. The van der Waals surface area contributed by atoms with E-state index in [1.165, 1.54) is 0 Å². The Kier molecular flexibility index (Phi) is 3.81. The Hall–Kier alpha value is -1.94. The van der Waals surface area contributed by atoms with Crippen molar-refractivity contribution in [2.24, 2.45) is 0 Å². The van der Waals surface area contributed by atoms with Crippen LogP contribution < -0.4 is 4.74 Å². The molecule has 1 atom stereocenters. The molecule has 1 N–H and O–H groups in total. The van der Waals surface area contributed by atoms with Crippen molar-refractivity contribution in [1.29, 1.82) is 0 Å². The van der Waals surface area contributed by atoms with Gasteiger partial charge in [0.15, 0.2) is 5.82 Å². The van der Waals surface area contributed by atoms with E-state index in [1.807, 2.05) is 32.0 Å². The van der Waals surface area contributed by atoms with Crippen LogP contribution in [0.1, 0.15) is 29.8 Å². The lowest BCUT2D eigenvalue weighted by molar-refractivity contribution is 0.197. The SMILES string of the molecule is COc1cc(C)ccc1-c1ncc([C@@H](C)O)c(C)n1. The number of hydrogen-bond acceptors (Lipinski definition) is 4. The quantitative estimate of drug-likeness (QED) is 0.919. The van der Waals surface area contributed by atoms with Crippen LogP contribution in [-0.2, 0) is 0 Å². The fourth-order valence-electron chi connectivity index (χ4n) is 2.00. The highest BCUT2D eigenvalue weighted by atomic mass is 16.5. The predicted octanol–water partition coefficient (Wildman–Crippen LogP) is 2.82. The van der Waals surface area contributed by atoms with Gasteiger partial charge in [-0.2, -0.15) is 0 Å². The standard InChI is InChI=1S/C15H18N2O2/c1-9-5-6-12(14(7-9)19-4)15-16-8-13(11(3)18)10(2)17-15/h5-8,11,18H,1-4H3/t11-/m1/s1. The lowest BCUT2D eigenvalue weighted by atomic mass is 10.1. The van der Waals surface area contributed by atoms with E-state index < -0.39 is 6.10 Å². The summed E-state index contributed by atoms with van der Waals surface area (Å²) in [5, 5.41) is 9.60. The van der Waals surface area contributed by atoms with E-state index in [9.17, 15) is 5.11 Å². The minimum absolute atomic E-state index is 0.561. The van der Waals surface area contributed by atoms with Crippen molar-refractivity contribution in [1.82, 2.24) is 9.97 Å². The van der Waals surface area contributed by atoms with Crippen LogP contribution in [0.25, 0.3) is 11.4 Å². The number of aliphatic hydroxyl groups excluding tert-OH is 1. The number of hydrogen-bond donors (Lipinski definition) is 1. The Labute approximate surface area is 113 Å². The Morgan fingerprint density at radius 2 is 2.00 bits per heavy atom. The molecule has 1 aromatic carbocycles. The van der Waals surface area contributed by atoms with Gasteiger partial charge in [-0.1, -0.05) is 6.07 Å². The lowest BCUT2D eigenvalue weighted by Crippen LogP contribution is -2.02. The highest BCUT2D eigenvalue weighted by Crippen LogP contribution is 2.29. The van der Waals surface area contributed by atoms with Gasteiger partial charge in [0.25, 0.3) is 0 Å². The molecule has 0 saturated carbocycles. The Bertz CT molecular complexity index is 595. The third-order valence-electron chi connectivity index (χ3n) is 3.07. The summed E-state index contributed by atoms with van der Waals surface area (Å²) in [4.78, 5) is 8.77. The zero-order valence-electron chi connectivity index (χ0n) is 11.6. The van der Waals surface area contributed by atoms with Crippen molar-refractivity contribution in [3.05, 3.63) is 41.2 Å². The van der Waals surface area contributed by atoms with E-state index in [4.69, 9.17) is 4.74 Å². The van der Waals surface area contributed by atoms with Crippen LogP contribution in [0.5, 0.6) is 5.75 Å². The first-order valence-corrected chi connectivity index (χ1v) is 6.19. The molecule has 1 aromatic heterocycles. The smallest absolute Gasteiger partial charge is 0.163 e. The van der Waals surface area contributed by atoms with Crippen molar-refractivity contribution in [2.45, 2.75) is 26.9 Å². The number of aryl methyl sites for hydroxylation is 2. The van der Waals surface area contributed by atoms with E-state index in [0.717, 1.165) is 28.1 Å². The lowest BCUT2D eigenvalue weighted by Gasteiger charge is -2.11. The number of rotatable bonds is 3. The molecule has 0 unspecified atom stereocenters. The molecule has 0 amide bonds. The molecule has 100 valence electrons. The number of nitrogens with zero attached hydrogens (tertiary/aromatic N) is 2. The van der Waals surface area contributed by atoms with E-state index in [2.05, 4.69) is 9.97 Å². The maximum absolute atomic E-state index is 9.60. The molecule has 0 saturated heterocycles. The minimum atomic E-state index is -0.561. The van der Waals surface area contributed by atoms with E-state index in [0.29, 0.717) is 5.82 Å². The molecule has 0 aliphatic rings. The zero-order chi connectivity index (χ0) is 14.0. The summed E-state index contributed by atoms with van der Waals surface area (Å²) in [6, 6.07) is 5.90. The van der Waals surface area contributed by atoms with E-state index in [1.54, 1.807) is 20.2 Å². The molecule has 19 heavy (non-hydrogen) atoms. The van der Waals surface area contributed by atoms with Crippen molar-refractivity contribution < 1.29 is 9.84 Å². The summed E-state index contributed by atoms with van der Waals surface area (Å²) in [5.41, 5.74) is 3.50. The maximum atomic E-state index is 9.60. The molecule has 2 aromatic rings. The summed E-state index contributed by atoms with van der Waals surface area (Å²) >= 11 is 0. The number of methoxy groups -OCH3 is 1. The third kappa shape index (κ3) is 2.74. The van der Waals surface area contributed by atoms with Crippen molar-refractivity contribution in [2.75, 3.05) is 7.11 Å². The van der Waals surface area contributed by atoms with Gasteiger partial charge in [-0.3, -0.25) is 0 Å². The van der Waals surface area contributed by atoms with Gasteiger partial charge in [0.1, 0.15) is 5.75 Å². The molecule has 0 spiro atoms. The van der Waals surface area contributed by atoms with Crippen LogP contribution in [-0.4, -0.2) is 22.2 Å². The van der Waals surface area contributed by atoms with Crippen LogP contribution in [0, 0.1) is 13.8 Å². The fourth-order valence-corrected chi connectivity index (χ4v) is 2.00. The first-order valence-electron chi connectivity index (χ1n) is 6.19. The molecule has 0 radical (unpaired) electrons. The van der Waals surface area contributed by atoms with Gasteiger partial charge in [0.2, 0.25) is 0 Å². The molecule has 1 heterocycles. The van der Waals surface area contributed by atoms with Gasteiger partial charge in [-0.15, -0.1) is 0 Å². The van der Waals surface area contributed by atoms with Crippen molar-refractivity contribution >= 4 is 0 Å². The Morgan fingerprint density at radius 3 is 2.58 bits per heavy atom. The van der Waals surface area contributed by atoms with Crippen molar-refractivity contribution in [3.63, 3.8) is 0 Å². The average molecular weight is 258 g/mol. The summed E-state index contributed by atoms with van der Waals surface area (Å²) in [7, 11) is 1.63. The molecular weight excluding hydrogens is 240 g/mol. The predicted molar refractivity (Wildman–Crippen MR) is 74.1 cm³/mol. The molecule has 0 fully saturated rings. The topological polar surface area (TPSA) is 55.2 Å². The van der Waals surface area contributed by atoms with Gasteiger partial charge < -0.3 is 9.84 Å². The molecular formula is C15H18N2O2.